The smallest absolute Gasteiger partial charge is 0.339 e. The number of piperidine rings is 1. The third-order valence-electron chi connectivity index (χ3n) is 9.68. The van der Waals surface area contributed by atoms with Gasteiger partial charge in [0.05, 0.1) is 17.9 Å². The van der Waals surface area contributed by atoms with E-state index in [0.29, 0.717) is 17.5 Å². The second-order valence-corrected chi connectivity index (χ2v) is 12.6. The molecule has 0 radical (unpaired) electrons. The van der Waals surface area contributed by atoms with E-state index in [0.717, 1.165) is 79.3 Å². The summed E-state index contributed by atoms with van der Waals surface area (Å²) in [6.45, 7) is 3.82. The summed E-state index contributed by atoms with van der Waals surface area (Å²) in [7, 11) is 0. The topological polar surface area (TPSA) is 87.5 Å². The normalized spacial score (nSPS) is 18.3. The van der Waals surface area contributed by atoms with Crippen molar-refractivity contribution in [2.24, 2.45) is 5.92 Å². The first-order valence-electron chi connectivity index (χ1n) is 15.8. The van der Waals surface area contributed by atoms with E-state index in [1.165, 1.54) is 22.3 Å². The van der Waals surface area contributed by atoms with Crippen LogP contribution in [0.4, 0.5) is 14.5 Å². The van der Waals surface area contributed by atoms with Gasteiger partial charge in [0, 0.05) is 24.7 Å². The lowest BCUT2D eigenvalue weighted by molar-refractivity contribution is -0.133. The predicted octanol–water partition coefficient (Wildman–Crippen LogP) is 7.70. The largest absolute Gasteiger partial charge is 0.478 e. The van der Waals surface area contributed by atoms with Gasteiger partial charge in [-0.05, 0) is 103 Å². The molecule has 7 rings (SSSR count). The number of rotatable bonds is 8. The number of benzene rings is 3. The van der Waals surface area contributed by atoms with Crippen LogP contribution in [0.5, 0.6) is 0 Å². The summed E-state index contributed by atoms with van der Waals surface area (Å²) in [5.41, 5.74) is 7.14. The number of aromatic carboxylic acids is 1. The number of aromatic nitrogens is 2. The molecule has 7 nitrogen and oxygen atoms in total. The molecule has 232 valence electrons. The molecule has 1 unspecified atom stereocenters. The van der Waals surface area contributed by atoms with Crippen molar-refractivity contribution in [2.45, 2.75) is 63.8 Å². The maximum atomic E-state index is 13.9. The zero-order valence-electron chi connectivity index (χ0n) is 25.2. The Morgan fingerprint density at radius 1 is 0.978 bits per heavy atom. The van der Waals surface area contributed by atoms with Crippen molar-refractivity contribution in [1.29, 1.82) is 0 Å². The fraction of sp³-hybridized carbons (Fsp3) is 0.361. The second kappa shape index (κ2) is 11.8. The van der Waals surface area contributed by atoms with Crippen LogP contribution in [0.25, 0.3) is 16.8 Å². The molecule has 1 aromatic heterocycles. The Labute approximate surface area is 260 Å². The number of hydrogen-bond acceptors (Lipinski definition) is 4. The van der Waals surface area contributed by atoms with E-state index < -0.39 is 23.7 Å². The summed E-state index contributed by atoms with van der Waals surface area (Å²) in [6.07, 6.45) is 3.93. The monoisotopic (exact) mass is 610 g/mol. The summed E-state index contributed by atoms with van der Waals surface area (Å²) >= 11 is 0. The number of hydrogen-bond donors (Lipinski definition) is 2. The highest BCUT2D eigenvalue weighted by Gasteiger charge is 2.35. The quantitative estimate of drug-likeness (QED) is 0.214. The molecular formula is C36H36F2N4O3. The zero-order valence-corrected chi connectivity index (χ0v) is 25.2. The Hall–Kier alpha value is -4.53. The van der Waals surface area contributed by atoms with E-state index in [2.05, 4.69) is 46.5 Å². The maximum Gasteiger partial charge on any atom is 0.339 e. The average Bonchev–Trinajstić information content (AvgIpc) is 3.66. The highest BCUT2D eigenvalue weighted by atomic mass is 19.3. The summed E-state index contributed by atoms with van der Waals surface area (Å²) in [5.74, 6) is -0.351. The molecule has 4 aromatic rings. The number of nitrogens with zero attached hydrogens (tertiary/aromatic N) is 3. The first-order chi connectivity index (χ1) is 21.8. The van der Waals surface area contributed by atoms with Gasteiger partial charge in [-0.3, -0.25) is 4.79 Å². The van der Waals surface area contributed by atoms with Gasteiger partial charge in [0.25, 0.3) is 6.43 Å². The number of carboxylic acid groups (broad SMARTS) is 1. The fourth-order valence-corrected chi connectivity index (χ4v) is 7.14. The molecule has 0 spiro atoms. The van der Waals surface area contributed by atoms with Crippen molar-refractivity contribution in [2.75, 3.05) is 18.4 Å². The van der Waals surface area contributed by atoms with Crippen molar-refractivity contribution < 1.29 is 23.5 Å². The molecule has 3 aromatic carbocycles. The van der Waals surface area contributed by atoms with Crippen molar-refractivity contribution in [3.8, 4) is 16.8 Å². The maximum absolute atomic E-state index is 13.9. The number of likely N-dealkylation sites (tertiary alicyclic amines) is 1. The van der Waals surface area contributed by atoms with Crippen molar-refractivity contribution in [3.05, 3.63) is 100 Å². The first kappa shape index (κ1) is 29.2. The third kappa shape index (κ3) is 5.60. The molecule has 45 heavy (non-hydrogen) atoms. The lowest BCUT2D eigenvalue weighted by Crippen LogP contribution is -2.38. The van der Waals surface area contributed by atoms with E-state index >= 15 is 0 Å². The van der Waals surface area contributed by atoms with Crippen LogP contribution in [0.15, 0.2) is 66.9 Å². The molecule has 1 saturated heterocycles. The van der Waals surface area contributed by atoms with E-state index in [4.69, 9.17) is 0 Å². The SMILES string of the molecule is Cc1cc(C2CCN(C(=O)C3CC3)CC2)ccc1NC1CCc2cccc(-c3cccc(-n4ncc(C(=O)O)c4C(F)F)c3)c21. The van der Waals surface area contributed by atoms with Gasteiger partial charge in [-0.1, -0.05) is 42.5 Å². The van der Waals surface area contributed by atoms with Crippen LogP contribution >= 0.6 is 0 Å². The van der Waals surface area contributed by atoms with Gasteiger partial charge in [0.15, 0.2) is 0 Å². The zero-order chi connectivity index (χ0) is 31.2. The predicted molar refractivity (Wildman–Crippen MR) is 168 cm³/mol. The number of carbonyl (C=O) groups is 2. The molecule has 1 saturated carbocycles. The van der Waals surface area contributed by atoms with E-state index in [-0.39, 0.29) is 12.0 Å². The van der Waals surface area contributed by atoms with E-state index in [1.54, 1.807) is 18.2 Å². The molecule has 1 aliphatic heterocycles. The first-order valence-corrected chi connectivity index (χ1v) is 15.8. The summed E-state index contributed by atoms with van der Waals surface area (Å²) < 4.78 is 28.9. The van der Waals surface area contributed by atoms with Crippen LogP contribution in [-0.2, 0) is 11.2 Å². The van der Waals surface area contributed by atoms with Gasteiger partial charge >= 0.3 is 5.97 Å². The average molecular weight is 611 g/mol. The van der Waals surface area contributed by atoms with Gasteiger partial charge in [-0.25, -0.2) is 18.3 Å². The standard InChI is InChI=1S/C36H36F2N4O3/c1-21-18-25(22-14-16-41(17-15-22)35(43)24-8-9-24)11-12-30(21)40-31-13-10-23-4-3-7-28(32(23)31)26-5-2-6-27(19-26)42-33(34(37)38)29(20-39-42)36(44)45/h2-7,11-12,18-20,22,24,31,34,40H,8-10,13-17H2,1H3,(H,44,45). The van der Waals surface area contributed by atoms with Crippen LogP contribution in [0.2, 0.25) is 0 Å². The molecule has 1 amide bonds. The summed E-state index contributed by atoms with van der Waals surface area (Å²) in [4.78, 5) is 26.1. The summed E-state index contributed by atoms with van der Waals surface area (Å²) in [6, 6.07) is 20.1. The number of amides is 1. The Morgan fingerprint density at radius 3 is 2.47 bits per heavy atom. The Balaban J connectivity index is 1.12. The van der Waals surface area contributed by atoms with Crippen LogP contribution < -0.4 is 5.32 Å². The molecule has 9 heteroatoms. The molecule has 3 aliphatic rings. The van der Waals surface area contributed by atoms with Crippen LogP contribution in [0, 0.1) is 12.8 Å². The van der Waals surface area contributed by atoms with E-state index in [1.807, 2.05) is 18.2 Å². The molecule has 1 atom stereocenters. The van der Waals surface area contributed by atoms with Crippen LogP contribution in [0.3, 0.4) is 0 Å². The number of alkyl halides is 2. The van der Waals surface area contributed by atoms with Crippen molar-refractivity contribution >= 4 is 17.6 Å². The Morgan fingerprint density at radius 2 is 1.76 bits per heavy atom. The molecule has 2 fully saturated rings. The van der Waals surface area contributed by atoms with Gasteiger partial charge in [0.1, 0.15) is 11.3 Å². The highest BCUT2D eigenvalue weighted by Crippen LogP contribution is 2.42. The lowest BCUT2D eigenvalue weighted by Gasteiger charge is -2.32. The number of carboxylic acids is 1. The fourth-order valence-electron chi connectivity index (χ4n) is 7.14. The van der Waals surface area contributed by atoms with Crippen LogP contribution in [0.1, 0.15) is 88.8 Å². The van der Waals surface area contributed by atoms with Crippen molar-refractivity contribution in [1.82, 2.24) is 14.7 Å². The van der Waals surface area contributed by atoms with Crippen LogP contribution in [-0.4, -0.2) is 44.8 Å². The molecule has 2 N–H and O–H groups in total. The molecule has 0 bridgehead atoms. The summed E-state index contributed by atoms with van der Waals surface area (Å²) in [5, 5.41) is 17.2. The highest BCUT2D eigenvalue weighted by molar-refractivity contribution is 5.89. The molecule has 2 heterocycles. The second-order valence-electron chi connectivity index (χ2n) is 12.6. The third-order valence-corrected chi connectivity index (χ3v) is 9.68. The van der Waals surface area contributed by atoms with Gasteiger partial charge < -0.3 is 15.3 Å². The number of aryl methyl sites for hydroxylation is 2. The molecule has 2 aliphatic carbocycles. The minimum absolute atomic E-state index is 0.0704. The number of halogens is 2. The number of fused-ring (bicyclic) bond motifs is 1. The van der Waals surface area contributed by atoms with E-state index in [9.17, 15) is 23.5 Å². The lowest BCUT2D eigenvalue weighted by atomic mass is 9.88. The van der Waals surface area contributed by atoms with Gasteiger partial charge in [-0.15, -0.1) is 0 Å². The molecular weight excluding hydrogens is 574 g/mol. The number of nitrogens with one attached hydrogen (secondary N) is 1. The van der Waals surface area contributed by atoms with Crippen molar-refractivity contribution in [3.63, 3.8) is 0 Å². The number of carbonyl (C=O) groups excluding carboxylic acids is 1. The minimum Gasteiger partial charge on any atom is -0.478 e. The van der Waals surface area contributed by atoms with Gasteiger partial charge in [-0.2, -0.15) is 5.10 Å². The Kier molecular flexibility index (Phi) is 7.63. The Bertz CT molecular complexity index is 1770. The van der Waals surface area contributed by atoms with Gasteiger partial charge in [0.2, 0.25) is 5.91 Å². The number of anilines is 1. The minimum atomic E-state index is -2.99.